The Morgan fingerprint density at radius 2 is 1.90 bits per heavy atom. The third-order valence-electron chi connectivity index (χ3n) is 8.47. The van der Waals surface area contributed by atoms with Gasteiger partial charge in [0.2, 0.25) is 5.91 Å². The number of aryl methyl sites for hydroxylation is 2. The predicted octanol–water partition coefficient (Wildman–Crippen LogP) is 3.87. The average molecular weight is 539 g/mol. The van der Waals surface area contributed by atoms with E-state index in [1.165, 1.54) is 0 Å². The molecule has 0 aliphatic carbocycles. The van der Waals surface area contributed by atoms with Gasteiger partial charge < -0.3 is 24.4 Å². The summed E-state index contributed by atoms with van der Waals surface area (Å²) in [4.78, 5) is 45.3. The van der Waals surface area contributed by atoms with Crippen molar-refractivity contribution in [3.05, 3.63) is 54.6 Å². The van der Waals surface area contributed by atoms with Crippen LogP contribution in [0.15, 0.2) is 43.5 Å². The summed E-state index contributed by atoms with van der Waals surface area (Å²) in [5.41, 5.74) is 1.66. The molecule has 3 aliphatic heterocycles. The molecule has 0 saturated carbocycles. The molecule has 8 nitrogen and oxygen atoms in total. The van der Waals surface area contributed by atoms with Gasteiger partial charge in [-0.2, -0.15) is 0 Å². The van der Waals surface area contributed by atoms with Crippen molar-refractivity contribution in [1.29, 1.82) is 0 Å². The van der Waals surface area contributed by atoms with Crippen LogP contribution in [-0.2, 0) is 23.9 Å². The van der Waals surface area contributed by atoms with Crippen molar-refractivity contribution in [2.24, 2.45) is 11.8 Å². The van der Waals surface area contributed by atoms with Crippen LogP contribution >= 0.6 is 0 Å². The first-order chi connectivity index (χ1) is 18.8. The molecule has 1 spiro atoms. The molecule has 2 unspecified atom stereocenters. The molecule has 5 atom stereocenters. The number of likely N-dealkylation sites (tertiary alicyclic amines) is 1. The molecule has 39 heavy (non-hydrogen) atoms. The largest absolute Gasteiger partial charge is 0.465 e. The highest BCUT2D eigenvalue weighted by Gasteiger charge is 2.75. The average Bonchev–Trinajstić information content (AvgIpc) is 3.55. The fourth-order valence-electron chi connectivity index (χ4n) is 6.83. The lowest BCUT2D eigenvalue weighted by atomic mass is 9.70. The number of carbonyl (C=O) groups is 3. The number of nitrogens with zero attached hydrogens (tertiary/aromatic N) is 2. The Balaban J connectivity index is 1.71. The minimum atomic E-state index is -1.07. The number of unbranched alkanes of at least 4 members (excludes halogenated alkanes) is 3. The molecule has 0 aromatic heterocycles. The van der Waals surface area contributed by atoms with Gasteiger partial charge in [-0.15, -0.1) is 13.2 Å². The quantitative estimate of drug-likeness (QED) is 0.220. The normalized spacial score (nSPS) is 26.9. The smallest absolute Gasteiger partial charge is 0.312 e. The van der Waals surface area contributed by atoms with Crippen LogP contribution in [0.1, 0.15) is 56.1 Å². The molecule has 3 heterocycles. The van der Waals surface area contributed by atoms with Crippen LogP contribution in [0.5, 0.6) is 0 Å². The summed E-state index contributed by atoms with van der Waals surface area (Å²) in [6.07, 6.45) is 7.67. The van der Waals surface area contributed by atoms with Crippen LogP contribution in [0.4, 0.5) is 5.69 Å². The van der Waals surface area contributed by atoms with Gasteiger partial charge >= 0.3 is 5.97 Å². The van der Waals surface area contributed by atoms with Crippen molar-refractivity contribution in [2.75, 3.05) is 31.2 Å². The van der Waals surface area contributed by atoms with Crippen molar-refractivity contribution in [2.45, 2.75) is 76.5 Å². The first kappa shape index (κ1) is 29.0. The highest BCUT2D eigenvalue weighted by atomic mass is 16.6. The van der Waals surface area contributed by atoms with E-state index in [-0.39, 0.29) is 31.6 Å². The molecule has 1 aromatic rings. The number of hydrogen-bond donors (Lipinski definition) is 1. The Bertz CT molecular complexity index is 1080. The number of ether oxygens (including phenoxy) is 2. The minimum absolute atomic E-state index is 0.131. The van der Waals surface area contributed by atoms with Gasteiger partial charge in [0.05, 0.1) is 24.5 Å². The first-order valence-electron chi connectivity index (χ1n) is 14.2. The lowest BCUT2D eigenvalue weighted by molar-refractivity contribution is -0.155. The standard InChI is InChI=1S/C31H42N2O6/c1-5-7-20-38-30(37)24-23-15-16-31(39-23)25(24)28(35)33(18-10-8-9-11-19-34)27(31)29(36)32(17-6-2)26-21(3)13-12-14-22(26)4/h5-6,12-14,23-25,27,34H,1-2,7-11,15-20H2,3-4H3/t23-,24+,25-,27?,31?/m0/s1. The molecule has 1 aromatic carbocycles. The van der Waals surface area contributed by atoms with Crippen molar-refractivity contribution in [1.82, 2.24) is 4.90 Å². The summed E-state index contributed by atoms with van der Waals surface area (Å²) >= 11 is 0. The summed E-state index contributed by atoms with van der Waals surface area (Å²) in [5.74, 6) is -2.32. The molecule has 3 aliphatic rings. The maximum atomic E-state index is 14.6. The summed E-state index contributed by atoms with van der Waals surface area (Å²) in [7, 11) is 0. The zero-order valence-electron chi connectivity index (χ0n) is 23.3. The first-order valence-corrected chi connectivity index (χ1v) is 14.2. The van der Waals surface area contributed by atoms with E-state index >= 15 is 0 Å². The number of anilines is 1. The zero-order chi connectivity index (χ0) is 28.2. The topological polar surface area (TPSA) is 96.4 Å². The highest BCUT2D eigenvalue weighted by Crippen LogP contribution is 2.59. The number of esters is 1. The Kier molecular flexibility index (Phi) is 9.28. The van der Waals surface area contributed by atoms with Gasteiger partial charge in [-0.3, -0.25) is 14.4 Å². The SMILES string of the molecule is C=CCCOC(=O)[C@@H]1[C@@H]2CCC3(O2)C(C(=O)N(CC=C)c2c(C)cccc2C)N(CCCCCCO)C(=O)[C@H]13. The fourth-order valence-corrected chi connectivity index (χ4v) is 6.83. The van der Waals surface area contributed by atoms with E-state index in [1.54, 1.807) is 22.0 Å². The van der Waals surface area contributed by atoms with E-state index in [9.17, 15) is 14.4 Å². The third kappa shape index (κ3) is 5.29. The van der Waals surface area contributed by atoms with Crippen LogP contribution in [0, 0.1) is 25.7 Å². The predicted molar refractivity (Wildman–Crippen MR) is 149 cm³/mol. The molecule has 2 bridgehead atoms. The molecule has 0 radical (unpaired) electrons. The Morgan fingerprint density at radius 1 is 1.18 bits per heavy atom. The molecule has 212 valence electrons. The van der Waals surface area contributed by atoms with Gasteiger partial charge in [-0.25, -0.2) is 0 Å². The summed E-state index contributed by atoms with van der Waals surface area (Å²) in [6.45, 7) is 12.5. The molecular formula is C31H42N2O6. The second-order valence-electron chi connectivity index (χ2n) is 10.9. The number of rotatable bonds is 14. The van der Waals surface area contributed by atoms with Crippen LogP contribution in [0.2, 0.25) is 0 Å². The Hall–Kier alpha value is -2.97. The molecule has 1 N–H and O–H groups in total. The van der Waals surface area contributed by atoms with Crippen LogP contribution in [0.3, 0.4) is 0 Å². The van der Waals surface area contributed by atoms with Gasteiger partial charge in [0, 0.05) is 25.4 Å². The Labute approximate surface area is 231 Å². The lowest BCUT2D eigenvalue weighted by Crippen LogP contribution is -2.56. The van der Waals surface area contributed by atoms with E-state index in [2.05, 4.69) is 13.2 Å². The number of carbonyl (C=O) groups excluding carboxylic acids is 3. The lowest BCUT2D eigenvalue weighted by Gasteiger charge is -2.37. The number of hydrogen-bond acceptors (Lipinski definition) is 6. The van der Waals surface area contributed by atoms with Crippen LogP contribution in [-0.4, -0.2) is 71.8 Å². The monoisotopic (exact) mass is 538 g/mol. The maximum Gasteiger partial charge on any atom is 0.312 e. The van der Waals surface area contributed by atoms with Gasteiger partial charge in [0.15, 0.2) is 0 Å². The fraction of sp³-hybridized carbons (Fsp3) is 0.581. The third-order valence-corrected chi connectivity index (χ3v) is 8.47. The number of amides is 2. The van der Waals surface area contributed by atoms with E-state index in [4.69, 9.17) is 14.6 Å². The molecule has 8 heteroatoms. The van der Waals surface area contributed by atoms with Gasteiger partial charge in [0.25, 0.3) is 5.91 Å². The van der Waals surface area contributed by atoms with Crippen molar-refractivity contribution < 1.29 is 29.0 Å². The number of benzene rings is 1. The molecule has 2 amide bonds. The highest BCUT2D eigenvalue weighted by molar-refractivity contribution is 6.05. The van der Waals surface area contributed by atoms with Gasteiger partial charge in [-0.1, -0.05) is 43.2 Å². The number of aliphatic hydroxyl groups is 1. The molecule has 4 rings (SSSR count). The minimum Gasteiger partial charge on any atom is -0.465 e. The van der Waals surface area contributed by atoms with E-state index in [0.29, 0.717) is 38.6 Å². The second kappa shape index (κ2) is 12.5. The van der Waals surface area contributed by atoms with E-state index < -0.39 is 35.6 Å². The van der Waals surface area contributed by atoms with Crippen LogP contribution < -0.4 is 4.90 Å². The van der Waals surface area contributed by atoms with Gasteiger partial charge in [-0.05, 0) is 57.1 Å². The van der Waals surface area contributed by atoms with E-state index in [0.717, 1.165) is 29.7 Å². The van der Waals surface area contributed by atoms with Crippen molar-refractivity contribution in [3.8, 4) is 0 Å². The number of aliphatic hydroxyl groups excluding tert-OH is 1. The number of fused-ring (bicyclic) bond motifs is 1. The Morgan fingerprint density at radius 3 is 2.56 bits per heavy atom. The number of para-hydroxylation sites is 1. The van der Waals surface area contributed by atoms with E-state index in [1.807, 2.05) is 32.0 Å². The summed E-state index contributed by atoms with van der Waals surface area (Å²) in [6, 6.07) is 5.06. The molecular weight excluding hydrogens is 496 g/mol. The molecule has 3 fully saturated rings. The molecule has 3 saturated heterocycles. The van der Waals surface area contributed by atoms with Crippen molar-refractivity contribution in [3.63, 3.8) is 0 Å². The zero-order valence-corrected chi connectivity index (χ0v) is 23.3. The summed E-state index contributed by atoms with van der Waals surface area (Å²) in [5, 5.41) is 9.15. The summed E-state index contributed by atoms with van der Waals surface area (Å²) < 4.78 is 12.1. The maximum absolute atomic E-state index is 14.6. The van der Waals surface area contributed by atoms with Crippen molar-refractivity contribution >= 4 is 23.5 Å². The second-order valence-corrected chi connectivity index (χ2v) is 10.9. The van der Waals surface area contributed by atoms with Crippen LogP contribution in [0.25, 0.3) is 0 Å². The van der Waals surface area contributed by atoms with Gasteiger partial charge in [0.1, 0.15) is 11.6 Å².